The van der Waals surface area contributed by atoms with E-state index in [-0.39, 0.29) is 11.8 Å². The first kappa shape index (κ1) is 20.6. The molecule has 3 N–H and O–H groups in total. The molecule has 0 atom stereocenters. The summed E-state index contributed by atoms with van der Waals surface area (Å²) in [6.45, 7) is 3.08. The van der Waals surface area contributed by atoms with Gasteiger partial charge in [-0.1, -0.05) is 23.7 Å². The summed E-state index contributed by atoms with van der Waals surface area (Å²) in [4.78, 5) is 12.6. The Hall–Kier alpha value is -2.71. The van der Waals surface area contributed by atoms with E-state index >= 15 is 0 Å². The fourth-order valence-electron chi connectivity index (χ4n) is 3.92. The number of aromatic amines is 1. The zero-order chi connectivity index (χ0) is 20.9. The maximum Gasteiger partial charge on any atom is 0.241 e. The zero-order valence-corrected chi connectivity index (χ0v) is 17.4. The van der Waals surface area contributed by atoms with Crippen molar-refractivity contribution in [2.45, 2.75) is 31.8 Å². The van der Waals surface area contributed by atoms with Crippen LogP contribution in [0, 0.1) is 5.82 Å². The summed E-state index contributed by atoms with van der Waals surface area (Å²) >= 11 is 6.00. The highest BCUT2D eigenvalue weighted by Gasteiger charge is 2.26. The van der Waals surface area contributed by atoms with Crippen LogP contribution in [0.15, 0.2) is 42.7 Å². The van der Waals surface area contributed by atoms with Gasteiger partial charge >= 0.3 is 0 Å². The fourth-order valence-corrected chi connectivity index (χ4v) is 4.04. The van der Waals surface area contributed by atoms with E-state index in [0.29, 0.717) is 24.1 Å². The summed E-state index contributed by atoms with van der Waals surface area (Å²) in [5, 5.41) is 7.52. The van der Waals surface area contributed by atoms with Crippen LogP contribution >= 0.6 is 11.6 Å². The van der Waals surface area contributed by atoms with Crippen LogP contribution in [0.3, 0.4) is 0 Å². The highest BCUT2D eigenvalue weighted by molar-refractivity contribution is 6.30. The average Bonchev–Trinajstić information content (AvgIpc) is 3.20. The summed E-state index contributed by atoms with van der Waals surface area (Å²) in [7, 11) is 0. The van der Waals surface area contributed by atoms with Gasteiger partial charge in [-0.3, -0.25) is 9.88 Å². The molecule has 1 aliphatic heterocycles. The lowest BCUT2D eigenvalue weighted by molar-refractivity contribution is 0.160. The Morgan fingerprint density at radius 1 is 1.20 bits per heavy atom. The van der Waals surface area contributed by atoms with Crippen molar-refractivity contribution in [3.63, 3.8) is 0 Å². The van der Waals surface area contributed by atoms with Crippen molar-refractivity contribution in [2.75, 3.05) is 30.3 Å². The number of piperidine rings is 1. The summed E-state index contributed by atoms with van der Waals surface area (Å²) in [5.74, 6) is 0.701. The summed E-state index contributed by atoms with van der Waals surface area (Å²) in [6, 6.07) is 10.0. The van der Waals surface area contributed by atoms with Crippen molar-refractivity contribution in [3.8, 4) is 0 Å². The van der Waals surface area contributed by atoms with E-state index in [9.17, 15) is 4.39 Å². The first-order valence-corrected chi connectivity index (χ1v) is 10.5. The topological polar surface area (TPSA) is 87.0 Å². The SMILES string of the molecule is Nc1n[nH]c(N2CCC(N(CCc3ccc(Cl)cc3)Cc3ccncc3F)CC2)n1. The molecule has 4 rings (SSSR count). The number of nitrogen functional groups attached to an aromatic ring is 1. The Labute approximate surface area is 180 Å². The van der Waals surface area contributed by atoms with Gasteiger partial charge in [0.2, 0.25) is 11.9 Å². The van der Waals surface area contributed by atoms with Crippen molar-refractivity contribution in [1.82, 2.24) is 25.1 Å². The van der Waals surface area contributed by atoms with E-state index in [1.165, 1.54) is 11.8 Å². The monoisotopic (exact) mass is 429 g/mol. The highest BCUT2D eigenvalue weighted by Crippen LogP contribution is 2.23. The number of benzene rings is 1. The third-order valence-corrected chi connectivity index (χ3v) is 5.85. The van der Waals surface area contributed by atoms with Gasteiger partial charge in [0.25, 0.3) is 0 Å². The molecule has 0 amide bonds. The molecule has 0 unspecified atom stereocenters. The molecule has 0 saturated carbocycles. The molecular weight excluding hydrogens is 405 g/mol. The first-order valence-electron chi connectivity index (χ1n) is 10.1. The number of nitrogens with two attached hydrogens (primary N) is 1. The van der Waals surface area contributed by atoms with E-state index < -0.39 is 0 Å². The predicted molar refractivity (Wildman–Crippen MR) is 116 cm³/mol. The third kappa shape index (κ3) is 5.06. The molecule has 2 aromatic heterocycles. The van der Waals surface area contributed by atoms with Gasteiger partial charge in [0, 0.05) is 49.0 Å². The number of halogens is 2. The number of nitrogens with one attached hydrogen (secondary N) is 1. The number of rotatable bonds is 7. The number of hydrogen-bond acceptors (Lipinski definition) is 6. The quantitative estimate of drug-likeness (QED) is 0.599. The van der Waals surface area contributed by atoms with Gasteiger partial charge < -0.3 is 10.6 Å². The van der Waals surface area contributed by atoms with Crippen LogP contribution in [-0.2, 0) is 13.0 Å². The van der Waals surface area contributed by atoms with E-state index in [1.54, 1.807) is 12.3 Å². The summed E-state index contributed by atoms with van der Waals surface area (Å²) < 4.78 is 14.3. The minimum absolute atomic E-state index is 0.255. The molecular formula is C21H25ClFN7. The van der Waals surface area contributed by atoms with E-state index in [1.807, 2.05) is 24.3 Å². The van der Waals surface area contributed by atoms with Gasteiger partial charge in [0.1, 0.15) is 5.82 Å². The Balaban J connectivity index is 1.44. The smallest absolute Gasteiger partial charge is 0.241 e. The van der Waals surface area contributed by atoms with Crippen LogP contribution in [0.25, 0.3) is 0 Å². The van der Waals surface area contributed by atoms with Gasteiger partial charge in [-0.2, -0.15) is 4.98 Å². The van der Waals surface area contributed by atoms with E-state index in [4.69, 9.17) is 17.3 Å². The van der Waals surface area contributed by atoms with E-state index in [2.05, 4.69) is 30.0 Å². The zero-order valence-electron chi connectivity index (χ0n) is 16.6. The molecule has 3 heterocycles. The molecule has 7 nitrogen and oxygen atoms in total. The van der Waals surface area contributed by atoms with Crippen LogP contribution in [0.1, 0.15) is 24.0 Å². The maximum atomic E-state index is 14.3. The molecule has 158 valence electrons. The molecule has 1 fully saturated rings. The molecule has 0 spiro atoms. The number of H-pyrrole nitrogens is 1. The van der Waals surface area contributed by atoms with Gasteiger partial charge in [-0.05, 0) is 43.0 Å². The second-order valence-corrected chi connectivity index (χ2v) is 7.99. The Kier molecular flexibility index (Phi) is 6.44. The fraction of sp³-hybridized carbons (Fsp3) is 0.381. The Bertz CT molecular complexity index is 954. The van der Waals surface area contributed by atoms with Crippen molar-refractivity contribution in [3.05, 3.63) is 64.7 Å². The van der Waals surface area contributed by atoms with Crippen molar-refractivity contribution in [2.24, 2.45) is 0 Å². The van der Waals surface area contributed by atoms with Gasteiger partial charge in [-0.25, -0.2) is 9.49 Å². The van der Waals surface area contributed by atoms with E-state index in [0.717, 1.165) is 43.9 Å². The van der Waals surface area contributed by atoms with Gasteiger partial charge in [0.15, 0.2) is 0 Å². The lowest BCUT2D eigenvalue weighted by atomic mass is 10.0. The Morgan fingerprint density at radius 2 is 1.97 bits per heavy atom. The average molecular weight is 430 g/mol. The van der Waals surface area contributed by atoms with Crippen molar-refractivity contribution < 1.29 is 4.39 Å². The molecule has 0 radical (unpaired) electrons. The predicted octanol–water partition coefficient (Wildman–Crippen LogP) is 3.29. The lowest BCUT2D eigenvalue weighted by Gasteiger charge is -2.38. The molecule has 3 aromatic rings. The number of aromatic nitrogens is 4. The van der Waals surface area contributed by atoms with Gasteiger partial charge in [-0.15, -0.1) is 5.10 Å². The van der Waals surface area contributed by atoms with Crippen LogP contribution < -0.4 is 10.6 Å². The summed E-state index contributed by atoms with van der Waals surface area (Å²) in [5.41, 5.74) is 7.52. The summed E-state index contributed by atoms with van der Waals surface area (Å²) in [6.07, 6.45) is 5.71. The van der Waals surface area contributed by atoms with Crippen molar-refractivity contribution in [1.29, 1.82) is 0 Å². The maximum absolute atomic E-state index is 14.3. The second-order valence-electron chi connectivity index (χ2n) is 7.55. The van der Waals surface area contributed by atoms with Crippen LogP contribution in [-0.4, -0.2) is 50.7 Å². The standard InChI is InChI=1S/C21H25ClFN7/c22-17-3-1-15(2-4-17)6-10-30(14-16-5-9-25-13-19(16)23)18-7-11-29(12-8-18)21-26-20(24)27-28-21/h1-5,9,13,18H,6-8,10-12,14H2,(H3,24,26,27,28). The molecule has 0 aliphatic carbocycles. The molecule has 1 aliphatic rings. The molecule has 1 aromatic carbocycles. The Morgan fingerprint density at radius 3 is 2.63 bits per heavy atom. The molecule has 30 heavy (non-hydrogen) atoms. The molecule has 0 bridgehead atoms. The number of hydrogen-bond donors (Lipinski definition) is 2. The van der Waals surface area contributed by atoms with Crippen LogP contribution in [0.2, 0.25) is 5.02 Å². The lowest BCUT2D eigenvalue weighted by Crippen LogP contribution is -2.45. The molecule has 9 heteroatoms. The van der Waals surface area contributed by atoms with Crippen LogP contribution in [0.5, 0.6) is 0 Å². The third-order valence-electron chi connectivity index (χ3n) is 5.60. The van der Waals surface area contributed by atoms with Crippen molar-refractivity contribution >= 4 is 23.5 Å². The largest absolute Gasteiger partial charge is 0.366 e. The number of pyridine rings is 1. The normalized spacial score (nSPS) is 15.1. The number of nitrogens with zero attached hydrogens (tertiary/aromatic N) is 5. The highest BCUT2D eigenvalue weighted by atomic mass is 35.5. The van der Waals surface area contributed by atoms with Gasteiger partial charge in [0.05, 0.1) is 6.20 Å². The second kappa shape index (κ2) is 9.40. The molecule has 1 saturated heterocycles. The number of anilines is 2. The minimum Gasteiger partial charge on any atom is -0.366 e. The minimum atomic E-state index is -0.261. The van der Waals surface area contributed by atoms with Crippen LogP contribution in [0.4, 0.5) is 16.3 Å². The first-order chi connectivity index (χ1) is 14.6.